The highest BCUT2D eigenvalue weighted by Gasteiger charge is 1.99. The summed E-state index contributed by atoms with van der Waals surface area (Å²) < 4.78 is 14.8. The maximum atomic E-state index is 11.2. The van der Waals surface area contributed by atoms with Gasteiger partial charge in [0, 0.05) is 24.8 Å². The lowest BCUT2D eigenvalue weighted by molar-refractivity contribution is 0.100. The molecular formula is C33H44O5. The van der Waals surface area contributed by atoms with Crippen molar-refractivity contribution in [3.8, 4) is 11.5 Å². The quantitative estimate of drug-likeness (QED) is 0.210. The molecule has 0 spiro atoms. The van der Waals surface area contributed by atoms with E-state index in [1.807, 2.05) is 84.9 Å². The van der Waals surface area contributed by atoms with Gasteiger partial charge in [-0.25, -0.2) is 0 Å². The molecule has 0 aliphatic rings. The van der Waals surface area contributed by atoms with Gasteiger partial charge in [-0.1, -0.05) is 88.4 Å². The van der Waals surface area contributed by atoms with Gasteiger partial charge in [-0.05, 0) is 55.2 Å². The van der Waals surface area contributed by atoms with E-state index < -0.39 is 0 Å². The second kappa shape index (κ2) is 19.4. The lowest BCUT2D eigenvalue weighted by atomic mass is 10.1. The van der Waals surface area contributed by atoms with Gasteiger partial charge in [-0.15, -0.1) is 0 Å². The smallest absolute Gasteiger partial charge is 0.159 e. The molecule has 0 fully saturated rings. The Hall–Kier alpha value is -3.70. The fraction of sp³-hybridized carbons (Fsp3) is 0.333. The summed E-state index contributed by atoms with van der Waals surface area (Å²) in [7, 11) is 5.02. The van der Waals surface area contributed by atoms with Crippen molar-refractivity contribution in [2.45, 2.75) is 41.5 Å². The second-order valence-corrected chi connectivity index (χ2v) is 8.54. The number of hydrogen-bond donors (Lipinski definition) is 0. The molecule has 0 saturated carbocycles. The molecule has 5 nitrogen and oxygen atoms in total. The van der Waals surface area contributed by atoms with Crippen LogP contribution in [0.15, 0.2) is 72.8 Å². The van der Waals surface area contributed by atoms with Crippen molar-refractivity contribution >= 4 is 23.7 Å². The molecule has 0 radical (unpaired) electrons. The maximum absolute atomic E-state index is 11.2. The zero-order valence-corrected chi connectivity index (χ0v) is 23.1. The molecule has 3 aromatic rings. The normalized spacial score (nSPS) is 10.6. The van der Waals surface area contributed by atoms with Crippen LogP contribution >= 0.6 is 0 Å². The number of carbonyl (C=O) groups excluding carboxylic acids is 2. The predicted octanol–water partition coefficient (Wildman–Crippen LogP) is 8.28. The molecule has 0 heterocycles. The number of carbonyl (C=O) groups is 2. The highest BCUT2D eigenvalue weighted by atomic mass is 16.5. The Labute approximate surface area is 229 Å². The first-order valence-electron chi connectivity index (χ1n) is 12.3. The maximum Gasteiger partial charge on any atom is 0.159 e. The average molecular weight is 521 g/mol. The standard InChI is InChI=1S/C18H16O2.C8H10O2.C6H14O.CH4/c1-13(19)17-9-5-15(6-10-17)3-4-16-7-11-18(12-8-16)14(2)20;1-9-7-3-5-8(10-2)6-4-7;1-4-6(2)5-7-3;/h3-12H,1-2H3;3-6H,1-2H3;6H,4-5H2,1-3H3;1H4. The van der Waals surface area contributed by atoms with Crippen LogP contribution in [-0.4, -0.2) is 39.5 Å². The van der Waals surface area contributed by atoms with Gasteiger partial charge in [0.1, 0.15) is 11.5 Å². The molecule has 0 aliphatic heterocycles. The summed E-state index contributed by atoms with van der Waals surface area (Å²) in [5.74, 6) is 2.56. The summed E-state index contributed by atoms with van der Waals surface area (Å²) in [5.41, 5.74) is 3.50. The van der Waals surface area contributed by atoms with Gasteiger partial charge in [0.15, 0.2) is 11.6 Å². The van der Waals surface area contributed by atoms with Gasteiger partial charge >= 0.3 is 0 Å². The van der Waals surface area contributed by atoms with Gasteiger partial charge in [0.05, 0.1) is 14.2 Å². The third-order valence-corrected chi connectivity index (χ3v) is 5.55. The van der Waals surface area contributed by atoms with E-state index in [2.05, 4.69) is 13.8 Å². The first-order valence-corrected chi connectivity index (χ1v) is 12.3. The van der Waals surface area contributed by atoms with Gasteiger partial charge in [0.25, 0.3) is 0 Å². The monoisotopic (exact) mass is 520 g/mol. The fourth-order valence-corrected chi connectivity index (χ4v) is 2.96. The number of benzene rings is 3. The van der Waals surface area contributed by atoms with Crippen LogP contribution in [0.4, 0.5) is 0 Å². The molecule has 206 valence electrons. The molecule has 0 aromatic heterocycles. The zero-order chi connectivity index (χ0) is 27.6. The minimum absolute atomic E-state index is 0. The van der Waals surface area contributed by atoms with E-state index in [0.29, 0.717) is 11.1 Å². The third-order valence-electron chi connectivity index (χ3n) is 5.55. The predicted molar refractivity (Wildman–Crippen MR) is 159 cm³/mol. The molecule has 1 unspecified atom stereocenters. The summed E-state index contributed by atoms with van der Waals surface area (Å²) in [4.78, 5) is 22.4. The topological polar surface area (TPSA) is 61.8 Å². The summed E-state index contributed by atoms with van der Waals surface area (Å²) in [5, 5.41) is 0. The molecule has 1 atom stereocenters. The van der Waals surface area contributed by atoms with Crippen molar-refractivity contribution < 1.29 is 23.8 Å². The first kappa shape index (κ1) is 34.3. The fourth-order valence-electron chi connectivity index (χ4n) is 2.96. The molecule has 3 aromatic carbocycles. The molecule has 38 heavy (non-hydrogen) atoms. The summed E-state index contributed by atoms with van der Waals surface area (Å²) in [6.45, 7) is 8.37. The third kappa shape index (κ3) is 13.6. The van der Waals surface area contributed by atoms with E-state index in [1.165, 1.54) is 6.42 Å². The molecule has 0 N–H and O–H groups in total. The summed E-state index contributed by atoms with van der Waals surface area (Å²) in [6.07, 6.45) is 5.17. The second-order valence-electron chi connectivity index (χ2n) is 8.54. The SMILES string of the molecule is C.CC(=O)c1ccc(C=Cc2ccc(C(C)=O)cc2)cc1.CCC(C)COC.COc1ccc(OC)cc1. The largest absolute Gasteiger partial charge is 0.497 e. The van der Waals surface area contributed by atoms with E-state index in [1.54, 1.807) is 35.2 Å². The number of methoxy groups -OCH3 is 3. The number of ketones is 2. The highest BCUT2D eigenvalue weighted by molar-refractivity contribution is 5.95. The van der Waals surface area contributed by atoms with Gasteiger partial charge in [-0.2, -0.15) is 0 Å². The van der Waals surface area contributed by atoms with Crippen LogP contribution < -0.4 is 9.47 Å². The molecule has 0 amide bonds. The molecule has 0 bridgehead atoms. The molecule has 0 aliphatic carbocycles. The van der Waals surface area contributed by atoms with Crippen molar-refractivity contribution in [3.05, 3.63) is 95.1 Å². The van der Waals surface area contributed by atoms with E-state index in [4.69, 9.17) is 14.2 Å². The lowest BCUT2D eigenvalue weighted by Crippen LogP contribution is -2.00. The molecule has 0 saturated heterocycles. The summed E-state index contributed by atoms with van der Waals surface area (Å²) >= 11 is 0. The van der Waals surface area contributed by atoms with Crippen LogP contribution in [0.25, 0.3) is 12.2 Å². The van der Waals surface area contributed by atoms with Gasteiger partial charge in [-0.3, -0.25) is 9.59 Å². The Balaban J connectivity index is 0.000000635. The Morgan fingerprint density at radius 3 is 1.24 bits per heavy atom. The Morgan fingerprint density at radius 2 is 1.03 bits per heavy atom. The Kier molecular flexibility index (Phi) is 17.5. The van der Waals surface area contributed by atoms with Crippen molar-refractivity contribution in [1.29, 1.82) is 0 Å². The molecular weight excluding hydrogens is 476 g/mol. The lowest BCUT2D eigenvalue weighted by Gasteiger charge is -2.03. The number of ether oxygens (including phenoxy) is 3. The van der Waals surface area contributed by atoms with E-state index in [9.17, 15) is 9.59 Å². The molecule has 3 rings (SSSR count). The van der Waals surface area contributed by atoms with Crippen molar-refractivity contribution in [2.24, 2.45) is 5.92 Å². The first-order chi connectivity index (χ1) is 17.7. The van der Waals surface area contributed by atoms with E-state index in [0.717, 1.165) is 35.2 Å². The summed E-state index contributed by atoms with van der Waals surface area (Å²) in [6, 6.07) is 22.4. The van der Waals surface area contributed by atoms with Crippen LogP contribution in [0.5, 0.6) is 11.5 Å². The van der Waals surface area contributed by atoms with Crippen LogP contribution in [0.3, 0.4) is 0 Å². The van der Waals surface area contributed by atoms with Crippen LogP contribution in [0.2, 0.25) is 0 Å². The minimum atomic E-state index is 0. The molecule has 5 heteroatoms. The van der Waals surface area contributed by atoms with E-state index >= 15 is 0 Å². The van der Waals surface area contributed by atoms with E-state index in [-0.39, 0.29) is 19.0 Å². The Morgan fingerprint density at radius 1 is 0.684 bits per heavy atom. The zero-order valence-electron chi connectivity index (χ0n) is 23.1. The van der Waals surface area contributed by atoms with Crippen LogP contribution in [0.1, 0.15) is 73.4 Å². The van der Waals surface area contributed by atoms with Crippen molar-refractivity contribution in [3.63, 3.8) is 0 Å². The van der Waals surface area contributed by atoms with Gasteiger partial charge < -0.3 is 14.2 Å². The number of hydrogen-bond acceptors (Lipinski definition) is 5. The Bertz CT molecular complexity index is 999. The van der Waals surface area contributed by atoms with Crippen LogP contribution in [-0.2, 0) is 4.74 Å². The van der Waals surface area contributed by atoms with Gasteiger partial charge in [0.2, 0.25) is 0 Å². The van der Waals surface area contributed by atoms with Crippen molar-refractivity contribution in [1.82, 2.24) is 0 Å². The minimum Gasteiger partial charge on any atom is -0.497 e. The average Bonchev–Trinajstić information content (AvgIpc) is 2.93. The van der Waals surface area contributed by atoms with Crippen molar-refractivity contribution in [2.75, 3.05) is 27.9 Å². The number of Topliss-reactive ketones (excluding diaryl/α,β-unsaturated/α-hetero) is 2. The highest BCUT2D eigenvalue weighted by Crippen LogP contribution is 2.16. The number of rotatable bonds is 9. The van der Waals surface area contributed by atoms with Crippen LogP contribution in [0, 0.1) is 5.92 Å².